The molecule has 0 aliphatic carbocycles. The summed E-state index contributed by atoms with van der Waals surface area (Å²) >= 11 is 2.08. The van der Waals surface area contributed by atoms with Gasteiger partial charge in [-0.05, 0) is 36.7 Å². The fourth-order valence-electron chi connectivity index (χ4n) is 2.69. The van der Waals surface area contributed by atoms with E-state index in [1.54, 1.807) is 0 Å². The average Bonchev–Trinajstić information content (AvgIpc) is 2.71. The van der Waals surface area contributed by atoms with Crippen LogP contribution in [0.15, 0.2) is 0 Å². The van der Waals surface area contributed by atoms with E-state index in [9.17, 15) is 0 Å². The highest BCUT2D eigenvalue weighted by atomic mass is 32.2. The summed E-state index contributed by atoms with van der Waals surface area (Å²) in [7, 11) is 0. The molecule has 0 spiro atoms. The van der Waals surface area contributed by atoms with E-state index >= 15 is 0 Å². The maximum Gasteiger partial charge on any atom is 0.151 e. The highest BCUT2D eigenvalue weighted by Gasteiger charge is 2.21. The van der Waals surface area contributed by atoms with Gasteiger partial charge in [-0.2, -0.15) is 16.9 Å². The molecule has 1 aromatic rings. The molecular formula is C12H20N4S. The van der Waals surface area contributed by atoms with Crippen LogP contribution in [0.4, 0.5) is 0 Å². The lowest BCUT2D eigenvalue weighted by atomic mass is 10.0. The molecule has 2 aliphatic heterocycles. The molecule has 3 heterocycles. The Morgan fingerprint density at radius 3 is 3.18 bits per heavy atom. The Labute approximate surface area is 106 Å². The number of rotatable bonds is 2. The van der Waals surface area contributed by atoms with Crippen molar-refractivity contribution in [2.45, 2.75) is 44.7 Å². The fourth-order valence-corrected chi connectivity index (χ4v) is 3.85. The van der Waals surface area contributed by atoms with E-state index in [1.807, 2.05) is 0 Å². The van der Waals surface area contributed by atoms with Crippen LogP contribution in [0.2, 0.25) is 0 Å². The zero-order valence-electron chi connectivity index (χ0n) is 10.1. The third-order valence-corrected chi connectivity index (χ3v) is 4.96. The highest BCUT2D eigenvalue weighted by Crippen LogP contribution is 2.25. The summed E-state index contributed by atoms with van der Waals surface area (Å²) in [6.45, 7) is 0.947. The molecular weight excluding hydrogens is 232 g/mol. The first-order valence-electron chi connectivity index (χ1n) is 6.57. The minimum Gasteiger partial charge on any atom is -0.327 e. The second-order valence-electron chi connectivity index (χ2n) is 5.21. The van der Waals surface area contributed by atoms with Crippen molar-refractivity contribution < 1.29 is 0 Å². The van der Waals surface area contributed by atoms with Crippen molar-refractivity contribution >= 4 is 11.8 Å². The number of hydrogen-bond donors (Lipinski definition) is 1. The second-order valence-corrected chi connectivity index (χ2v) is 6.36. The fraction of sp³-hybridized carbons (Fsp3) is 0.833. The van der Waals surface area contributed by atoms with Crippen LogP contribution in [0.5, 0.6) is 0 Å². The van der Waals surface area contributed by atoms with E-state index in [1.165, 1.54) is 24.3 Å². The molecule has 0 amide bonds. The van der Waals surface area contributed by atoms with Crippen LogP contribution in [0.1, 0.15) is 30.9 Å². The van der Waals surface area contributed by atoms with Crippen molar-refractivity contribution in [3.8, 4) is 0 Å². The number of aromatic nitrogens is 3. The number of aryl methyl sites for hydroxylation is 1. The van der Waals surface area contributed by atoms with Gasteiger partial charge in [0, 0.05) is 25.4 Å². The molecule has 2 aliphatic rings. The van der Waals surface area contributed by atoms with Crippen LogP contribution in [0, 0.1) is 5.92 Å². The van der Waals surface area contributed by atoms with Crippen LogP contribution in [0.25, 0.3) is 0 Å². The van der Waals surface area contributed by atoms with Gasteiger partial charge in [-0.25, -0.2) is 9.67 Å². The molecule has 3 rings (SSSR count). The van der Waals surface area contributed by atoms with E-state index < -0.39 is 0 Å². The molecule has 0 radical (unpaired) electrons. The quantitative estimate of drug-likeness (QED) is 0.860. The van der Waals surface area contributed by atoms with Crippen molar-refractivity contribution in [2.24, 2.45) is 11.7 Å². The Kier molecular flexibility index (Phi) is 3.38. The van der Waals surface area contributed by atoms with E-state index in [0.29, 0.717) is 0 Å². The third kappa shape index (κ3) is 2.65. The smallest absolute Gasteiger partial charge is 0.151 e. The van der Waals surface area contributed by atoms with Gasteiger partial charge in [0.15, 0.2) is 5.82 Å². The van der Waals surface area contributed by atoms with E-state index in [-0.39, 0.29) is 6.04 Å². The predicted octanol–water partition coefficient (Wildman–Crippen LogP) is 1.24. The molecule has 4 nitrogen and oxygen atoms in total. The van der Waals surface area contributed by atoms with Gasteiger partial charge < -0.3 is 5.73 Å². The first-order valence-corrected chi connectivity index (χ1v) is 7.72. The lowest BCUT2D eigenvalue weighted by Crippen LogP contribution is -2.31. The van der Waals surface area contributed by atoms with E-state index in [2.05, 4.69) is 26.5 Å². The van der Waals surface area contributed by atoms with Crippen molar-refractivity contribution in [3.63, 3.8) is 0 Å². The summed E-state index contributed by atoms with van der Waals surface area (Å²) < 4.78 is 2.06. The average molecular weight is 252 g/mol. The molecule has 94 valence electrons. The molecule has 2 unspecified atom stereocenters. The number of nitrogens with two attached hydrogens (primary N) is 1. The van der Waals surface area contributed by atoms with Crippen molar-refractivity contribution in [1.82, 2.24) is 14.8 Å². The molecule has 17 heavy (non-hydrogen) atoms. The number of hydrogen-bond acceptors (Lipinski definition) is 4. The minimum atomic E-state index is 0.282. The van der Waals surface area contributed by atoms with Crippen molar-refractivity contribution in [3.05, 3.63) is 11.6 Å². The maximum absolute atomic E-state index is 5.96. The molecule has 2 N–H and O–H groups in total. The Hall–Kier alpha value is -0.550. The Morgan fingerprint density at radius 2 is 2.35 bits per heavy atom. The maximum atomic E-state index is 5.96. The summed E-state index contributed by atoms with van der Waals surface area (Å²) in [4.78, 5) is 4.66. The van der Waals surface area contributed by atoms with Crippen molar-refractivity contribution in [2.75, 3.05) is 11.5 Å². The van der Waals surface area contributed by atoms with Crippen LogP contribution >= 0.6 is 11.8 Å². The summed E-state index contributed by atoms with van der Waals surface area (Å²) in [6.07, 6.45) is 5.69. The molecule has 1 fully saturated rings. The lowest BCUT2D eigenvalue weighted by Gasteiger charge is -2.19. The Balaban J connectivity index is 1.67. The van der Waals surface area contributed by atoms with Crippen LogP contribution in [-0.2, 0) is 19.4 Å². The van der Waals surface area contributed by atoms with Gasteiger partial charge in [-0.1, -0.05) is 0 Å². The largest absolute Gasteiger partial charge is 0.327 e. The van der Waals surface area contributed by atoms with Gasteiger partial charge in [0.1, 0.15) is 5.82 Å². The summed E-state index contributed by atoms with van der Waals surface area (Å²) in [5.74, 6) is 5.54. The van der Waals surface area contributed by atoms with Gasteiger partial charge in [-0.3, -0.25) is 0 Å². The molecule has 1 saturated heterocycles. The summed E-state index contributed by atoms with van der Waals surface area (Å²) in [5.41, 5.74) is 5.96. The normalized spacial score (nSPS) is 29.0. The predicted molar refractivity (Wildman–Crippen MR) is 70.1 cm³/mol. The third-order valence-electron chi connectivity index (χ3n) is 3.67. The van der Waals surface area contributed by atoms with Crippen LogP contribution < -0.4 is 5.73 Å². The van der Waals surface area contributed by atoms with Gasteiger partial charge in [0.2, 0.25) is 0 Å². The lowest BCUT2D eigenvalue weighted by molar-refractivity contribution is 0.430. The van der Waals surface area contributed by atoms with Gasteiger partial charge in [0.05, 0.1) is 0 Å². The number of fused-ring (bicyclic) bond motifs is 1. The molecule has 2 atom stereocenters. The molecule has 0 aromatic carbocycles. The SMILES string of the molecule is NC1CCn2nc(CC3CCCSC3)nc2C1. The van der Waals surface area contributed by atoms with Gasteiger partial charge in [0.25, 0.3) is 0 Å². The second kappa shape index (κ2) is 4.98. The molecule has 5 heteroatoms. The molecule has 0 bridgehead atoms. The minimum absolute atomic E-state index is 0.282. The Morgan fingerprint density at radius 1 is 1.41 bits per heavy atom. The number of nitrogens with zero attached hydrogens (tertiary/aromatic N) is 3. The molecule has 1 aromatic heterocycles. The van der Waals surface area contributed by atoms with Gasteiger partial charge in [-0.15, -0.1) is 0 Å². The summed E-state index contributed by atoms with van der Waals surface area (Å²) in [6, 6.07) is 0.282. The number of thioether (sulfide) groups is 1. The van der Waals surface area contributed by atoms with Gasteiger partial charge >= 0.3 is 0 Å². The zero-order chi connectivity index (χ0) is 11.7. The summed E-state index contributed by atoms with van der Waals surface area (Å²) in [5, 5.41) is 4.62. The first-order chi connectivity index (χ1) is 8.31. The van der Waals surface area contributed by atoms with E-state index in [0.717, 1.165) is 43.4 Å². The van der Waals surface area contributed by atoms with Crippen molar-refractivity contribution in [1.29, 1.82) is 0 Å². The van der Waals surface area contributed by atoms with Crippen LogP contribution in [-0.4, -0.2) is 32.3 Å². The zero-order valence-corrected chi connectivity index (χ0v) is 11.0. The topological polar surface area (TPSA) is 56.7 Å². The molecule has 0 saturated carbocycles. The first kappa shape index (κ1) is 11.5. The Bertz CT molecular complexity index is 384. The monoisotopic (exact) mass is 252 g/mol. The highest BCUT2D eigenvalue weighted by molar-refractivity contribution is 7.99. The van der Waals surface area contributed by atoms with E-state index in [4.69, 9.17) is 5.73 Å². The standard InChI is InChI=1S/C12H20N4S/c13-10-3-4-16-12(7-10)14-11(15-16)6-9-2-1-5-17-8-9/h9-10H,1-8,13H2. The van der Waals surface area contributed by atoms with Crippen LogP contribution in [0.3, 0.4) is 0 Å².